The molecule has 0 spiro atoms. The molecule has 1 saturated heterocycles. The molecule has 2 aromatic rings. The number of rotatable bonds is 7. The summed E-state index contributed by atoms with van der Waals surface area (Å²) >= 11 is 0. The van der Waals surface area contributed by atoms with Crippen molar-refractivity contribution in [3.8, 4) is 0 Å². The van der Waals surface area contributed by atoms with Crippen LogP contribution in [-0.2, 0) is 24.3 Å². The molecule has 0 aromatic heterocycles. The first-order valence-corrected chi connectivity index (χ1v) is 9.70. The molecule has 0 bridgehead atoms. The number of guanidine groups is 1. The van der Waals surface area contributed by atoms with E-state index in [1.165, 1.54) is 6.07 Å². The first-order valence-electron chi connectivity index (χ1n) is 9.70. The minimum Gasteiger partial charge on any atom is -0.356 e. The summed E-state index contributed by atoms with van der Waals surface area (Å²) in [6, 6.07) is 14.9. The lowest BCUT2D eigenvalue weighted by Gasteiger charge is -2.19. The van der Waals surface area contributed by atoms with Crippen molar-refractivity contribution in [3.05, 3.63) is 71.0 Å². The summed E-state index contributed by atoms with van der Waals surface area (Å²) in [4.78, 5) is 18.1. The van der Waals surface area contributed by atoms with E-state index in [4.69, 9.17) is 0 Å². The second-order valence-electron chi connectivity index (χ2n) is 6.88. The number of nitrogens with zero attached hydrogens (tertiary/aromatic N) is 2. The highest BCUT2D eigenvalue weighted by molar-refractivity contribution is 5.79. The predicted molar refractivity (Wildman–Crippen MR) is 109 cm³/mol. The number of carbonyl (C=O) groups excluding carboxylic acids is 1. The lowest BCUT2D eigenvalue weighted by atomic mass is 10.1. The van der Waals surface area contributed by atoms with E-state index < -0.39 is 0 Å². The van der Waals surface area contributed by atoms with E-state index in [9.17, 15) is 9.18 Å². The molecule has 0 atom stereocenters. The second-order valence-corrected chi connectivity index (χ2v) is 6.88. The molecule has 28 heavy (non-hydrogen) atoms. The van der Waals surface area contributed by atoms with Gasteiger partial charge in [0.15, 0.2) is 5.96 Å². The van der Waals surface area contributed by atoms with Crippen molar-refractivity contribution in [2.45, 2.75) is 32.4 Å². The van der Waals surface area contributed by atoms with Crippen molar-refractivity contribution in [1.82, 2.24) is 15.5 Å². The average molecular weight is 382 g/mol. The molecule has 0 unspecified atom stereocenters. The number of aliphatic imine (C=N–C) groups is 1. The van der Waals surface area contributed by atoms with Crippen molar-refractivity contribution >= 4 is 11.9 Å². The van der Waals surface area contributed by atoms with Gasteiger partial charge in [-0.15, -0.1) is 0 Å². The maximum Gasteiger partial charge on any atom is 0.222 e. The van der Waals surface area contributed by atoms with Crippen LogP contribution in [0.15, 0.2) is 53.5 Å². The van der Waals surface area contributed by atoms with Crippen LogP contribution in [0.3, 0.4) is 0 Å². The number of hydrogen-bond acceptors (Lipinski definition) is 2. The molecule has 3 rings (SSSR count). The summed E-state index contributed by atoms with van der Waals surface area (Å²) in [5, 5.41) is 6.53. The minimum absolute atomic E-state index is 0.183. The van der Waals surface area contributed by atoms with Crippen molar-refractivity contribution < 1.29 is 9.18 Å². The maximum absolute atomic E-state index is 13.7. The van der Waals surface area contributed by atoms with Gasteiger partial charge in [0.1, 0.15) is 5.82 Å². The zero-order chi connectivity index (χ0) is 19.8. The Hall–Kier alpha value is -2.89. The standard InChI is InChI=1S/C22H27FN4O/c1-24-22(25-13-12-17-7-4-5-10-20(17)23)26-15-18-8-2-3-9-19(18)16-27-14-6-11-21(27)28/h2-5,7-10H,6,11-16H2,1H3,(H2,24,25,26). The molecular formula is C22H27FN4O. The highest BCUT2D eigenvalue weighted by Gasteiger charge is 2.20. The van der Waals surface area contributed by atoms with Crippen LogP contribution in [0.2, 0.25) is 0 Å². The second kappa shape index (κ2) is 9.88. The number of benzene rings is 2. The van der Waals surface area contributed by atoms with Crippen LogP contribution in [0.4, 0.5) is 4.39 Å². The highest BCUT2D eigenvalue weighted by atomic mass is 19.1. The van der Waals surface area contributed by atoms with Gasteiger partial charge in [0.25, 0.3) is 0 Å². The van der Waals surface area contributed by atoms with Gasteiger partial charge in [-0.3, -0.25) is 9.79 Å². The molecule has 148 valence electrons. The van der Waals surface area contributed by atoms with Gasteiger partial charge in [-0.05, 0) is 35.6 Å². The average Bonchev–Trinajstić information content (AvgIpc) is 3.11. The Balaban J connectivity index is 1.52. The molecule has 0 aliphatic carbocycles. The van der Waals surface area contributed by atoms with E-state index in [1.54, 1.807) is 19.2 Å². The van der Waals surface area contributed by atoms with Gasteiger partial charge in [-0.1, -0.05) is 42.5 Å². The highest BCUT2D eigenvalue weighted by Crippen LogP contribution is 2.17. The van der Waals surface area contributed by atoms with Crippen LogP contribution >= 0.6 is 0 Å². The monoisotopic (exact) mass is 382 g/mol. The molecular weight excluding hydrogens is 355 g/mol. The van der Waals surface area contributed by atoms with E-state index in [0.29, 0.717) is 44.0 Å². The summed E-state index contributed by atoms with van der Waals surface area (Å²) in [6.07, 6.45) is 2.18. The van der Waals surface area contributed by atoms with Gasteiger partial charge in [0.05, 0.1) is 0 Å². The Bertz CT molecular complexity index is 837. The fourth-order valence-electron chi connectivity index (χ4n) is 3.38. The Labute approximate surface area is 165 Å². The van der Waals surface area contributed by atoms with Crippen LogP contribution in [0, 0.1) is 5.82 Å². The molecule has 1 fully saturated rings. The van der Waals surface area contributed by atoms with Crippen LogP contribution in [-0.4, -0.2) is 36.9 Å². The molecule has 0 radical (unpaired) electrons. The molecule has 2 N–H and O–H groups in total. The van der Waals surface area contributed by atoms with Crippen molar-refractivity contribution in [2.24, 2.45) is 4.99 Å². The van der Waals surface area contributed by atoms with Gasteiger partial charge in [0.2, 0.25) is 5.91 Å². The van der Waals surface area contributed by atoms with Gasteiger partial charge in [0, 0.05) is 39.6 Å². The minimum atomic E-state index is -0.183. The number of halogens is 1. The molecule has 6 heteroatoms. The van der Waals surface area contributed by atoms with Gasteiger partial charge >= 0.3 is 0 Å². The van der Waals surface area contributed by atoms with E-state index in [2.05, 4.69) is 27.8 Å². The number of nitrogens with one attached hydrogen (secondary N) is 2. The molecule has 1 heterocycles. The topological polar surface area (TPSA) is 56.7 Å². The summed E-state index contributed by atoms with van der Waals surface area (Å²) in [7, 11) is 1.72. The fraction of sp³-hybridized carbons (Fsp3) is 0.364. The van der Waals surface area contributed by atoms with E-state index in [1.807, 2.05) is 23.1 Å². The zero-order valence-corrected chi connectivity index (χ0v) is 16.2. The Morgan fingerprint density at radius 2 is 1.79 bits per heavy atom. The van der Waals surface area contributed by atoms with Crippen molar-refractivity contribution in [3.63, 3.8) is 0 Å². The quantitative estimate of drug-likeness (QED) is 0.572. The van der Waals surface area contributed by atoms with Crippen LogP contribution in [0.1, 0.15) is 29.5 Å². The lowest BCUT2D eigenvalue weighted by Crippen LogP contribution is -2.38. The maximum atomic E-state index is 13.7. The number of amides is 1. The van der Waals surface area contributed by atoms with Crippen molar-refractivity contribution in [1.29, 1.82) is 0 Å². The lowest BCUT2D eigenvalue weighted by molar-refractivity contribution is -0.128. The Kier molecular flexibility index (Phi) is 7.00. The Morgan fingerprint density at radius 1 is 1.07 bits per heavy atom. The third-order valence-corrected chi connectivity index (χ3v) is 4.97. The largest absolute Gasteiger partial charge is 0.356 e. The fourth-order valence-corrected chi connectivity index (χ4v) is 3.38. The van der Waals surface area contributed by atoms with Crippen molar-refractivity contribution in [2.75, 3.05) is 20.1 Å². The number of carbonyl (C=O) groups is 1. The molecule has 1 aliphatic heterocycles. The predicted octanol–water partition coefficient (Wildman–Crippen LogP) is 2.86. The smallest absolute Gasteiger partial charge is 0.222 e. The summed E-state index contributed by atoms with van der Waals surface area (Å²) in [5.74, 6) is 0.717. The summed E-state index contributed by atoms with van der Waals surface area (Å²) < 4.78 is 13.7. The van der Waals surface area contributed by atoms with E-state index in [-0.39, 0.29) is 11.7 Å². The van der Waals surface area contributed by atoms with E-state index >= 15 is 0 Å². The van der Waals surface area contributed by atoms with Crippen LogP contribution in [0.5, 0.6) is 0 Å². The molecule has 2 aromatic carbocycles. The third kappa shape index (κ3) is 5.31. The van der Waals surface area contributed by atoms with Gasteiger partial charge in [-0.2, -0.15) is 0 Å². The SMILES string of the molecule is CN=C(NCCc1ccccc1F)NCc1ccccc1CN1CCCC1=O. The molecule has 0 saturated carbocycles. The van der Waals surface area contributed by atoms with Crippen LogP contribution < -0.4 is 10.6 Å². The Morgan fingerprint density at radius 3 is 2.46 bits per heavy atom. The molecule has 1 aliphatic rings. The summed E-state index contributed by atoms with van der Waals surface area (Å²) in [6.45, 7) is 2.68. The molecule has 5 nitrogen and oxygen atoms in total. The normalized spacial score (nSPS) is 14.4. The zero-order valence-electron chi connectivity index (χ0n) is 16.2. The number of hydrogen-bond donors (Lipinski definition) is 2. The molecule has 1 amide bonds. The first-order chi connectivity index (χ1) is 13.7. The van der Waals surface area contributed by atoms with Gasteiger partial charge in [-0.25, -0.2) is 4.39 Å². The van der Waals surface area contributed by atoms with E-state index in [0.717, 1.165) is 24.1 Å². The van der Waals surface area contributed by atoms with Gasteiger partial charge < -0.3 is 15.5 Å². The third-order valence-electron chi connectivity index (χ3n) is 4.97. The first kappa shape index (κ1) is 19.9. The number of likely N-dealkylation sites (tertiary alicyclic amines) is 1. The van der Waals surface area contributed by atoms with Crippen LogP contribution in [0.25, 0.3) is 0 Å². The summed E-state index contributed by atoms with van der Waals surface area (Å²) in [5.41, 5.74) is 2.97.